The molecule has 9 heteroatoms. The minimum Gasteiger partial charge on any atom is -0.457 e. The van der Waals surface area contributed by atoms with Crippen LogP contribution in [-0.4, -0.2) is 82.7 Å². The summed E-state index contributed by atoms with van der Waals surface area (Å²) in [6, 6.07) is 0. The molecule has 0 aromatic rings. The lowest BCUT2D eigenvalue weighted by Gasteiger charge is -2.32. The van der Waals surface area contributed by atoms with Crippen molar-refractivity contribution < 1.29 is 43.9 Å². The first-order valence-corrected chi connectivity index (χ1v) is 14.4. The molecule has 0 bridgehead atoms. The lowest BCUT2D eigenvalue weighted by Crippen LogP contribution is -2.42. The molecule has 1 fully saturated rings. The topological polar surface area (TPSA) is 135 Å². The summed E-state index contributed by atoms with van der Waals surface area (Å²) in [5.74, 6) is -1.36. The van der Waals surface area contributed by atoms with Crippen LogP contribution in [0.3, 0.4) is 0 Å². The summed E-state index contributed by atoms with van der Waals surface area (Å²) < 4.78 is 22.4. The summed E-state index contributed by atoms with van der Waals surface area (Å²) in [5.41, 5.74) is -0.635. The van der Waals surface area contributed by atoms with E-state index in [9.17, 15) is 24.9 Å². The third-order valence-corrected chi connectivity index (χ3v) is 8.09. The first-order chi connectivity index (χ1) is 18.7. The average Bonchev–Trinajstić information content (AvgIpc) is 3.68. The average molecular weight is 567 g/mol. The van der Waals surface area contributed by atoms with E-state index in [1.165, 1.54) is 6.92 Å². The number of cyclic esters (lactones) is 1. The monoisotopic (exact) mass is 566 g/mol. The molecular weight excluding hydrogens is 516 g/mol. The van der Waals surface area contributed by atoms with Gasteiger partial charge >= 0.3 is 11.9 Å². The van der Waals surface area contributed by atoms with Crippen LogP contribution in [0.15, 0.2) is 36.0 Å². The van der Waals surface area contributed by atoms with Gasteiger partial charge in [0.2, 0.25) is 0 Å². The van der Waals surface area contributed by atoms with Crippen molar-refractivity contribution >= 4 is 11.9 Å². The first kappa shape index (κ1) is 34.2. The molecule has 2 heterocycles. The molecule has 0 aliphatic carbocycles. The number of hydrogen-bond donors (Lipinski definition) is 3. The summed E-state index contributed by atoms with van der Waals surface area (Å²) in [4.78, 5) is 24.3. The Kier molecular flexibility index (Phi) is 13.0. The molecule has 0 saturated carbocycles. The molecule has 40 heavy (non-hydrogen) atoms. The fourth-order valence-corrected chi connectivity index (χ4v) is 5.32. The number of allylic oxidation sites excluding steroid dienone is 2. The highest BCUT2D eigenvalue weighted by atomic mass is 16.6. The highest BCUT2D eigenvalue weighted by molar-refractivity contribution is 5.70. The van der Waals surface area contributed by atoms with E-state index in [-0.39, 0.29) is 55.3 Å². The Morgan fingerprint density at radius 1 is 1.25 bits per heavy atom. The predicted octanol–water partition coefficient (Wildman–Crippen LogP) is 3.65. The van der Waals surface area contributed by atoms with Crippen molar-refractivity contribution in [3.05, 3.63) is 36.0 Å². The Balaban J connectivity index is 2.16. The number of esters is 2. The number of epoxide rings is 1. The lowest BCUT2D eigenvalue weighted by atomic mass is 9.88. The molecule has 3 N–H and O–H groups in total. The Labute approximate surface area is 239 Å². The number of aliphatic hydroxyl groups is 3. The van der Waals surface area contributed by atoms with Gasteiger partial charge in [0.05, 0.1) is 30.8 Å². The second-order valence-electron chi connectivity index (χ2n) is 11.7. The van der Waals surface area contributed by atoms with Crippen molar-refractivity contribution in [3.63, 3.8) is 0 Å². The van der Waals surface area contributed by atoms with Gasteiger partial charge in [-0.25, -0.2) is 0 Å². The van der Waals surface area contributed by atoms with Gasteiger partial charge in [-0.3, -0.25) is 9.59 Å². The maximum absolute atomic E-state index is 12.6. The lowest BCUT2D eigenvalue weighted by molar-refractivity contribution is -0.157. The van der Waals surface area contributed by atoms with Gasteiger partial charge < -0.3 is 34.3 Å². The van der Waals surface area contributed by atoms with E-state index in [2.05, 4.69) is 0 Å². The van der Waals surface area contributed by atoms with Crippen molar-refractivity contribution in [2.45, 2.75) is 122 Å². The minimum absolute atomic E-state index is 0.0301. The second-order valence-corrected chi connectivity index (χ2v) is 11.7. The standard InChI is InChI=1S/C31H50O9/c1-9-24(37-8)21(5)27(35)30-29(40-30)19(3)12-10-11-18(2)28-20(4)13-14-25(38-22(6)32)31(7,36)16-15-23(33)17-26(34)39-28/h10-14,19-21,23-25,27-30,33,35-36H,9,15-17H2,1-8H3/b12-10+,14-13+,18-11+. The first-order valence-electron chi connectivity index (χ1n) is 14.4. The van der Waals surface area contributed by atoms with Crippen molar-refractivity contribution in [2.24, 2.45) is 17.8 Å². The zero-order valence-electron chi connectivity index (χ0n) is 25.3. The molecule has 0 aromatic carbocycles. The van der Waals surface area contributed by atoms with E-state index in [1.807, 2.05) is 52.8 Å². The van der Waals surface area contributed by atoms with Crippen LogP contribution in [0, 0.1) is 17.8 Å². The number of methoxy groups -OCH3 is 1. The maximum Gasteiger partial charge on any atom is 0.309 e. The fraction of sp³-hybridized carbons (Fsp3) is 0.742. The van der Waals surface area contributed by atoms with Crippen molar-refractivity contribution in [1.82, 2.24) is 0 Å². The van der Waals surface area contributed by atoms with Gasteiger partial charge in [0.25, 0.3) is 0 Å². The maximum atomic E-state index is 12.6. The number of ether oxygens (including phenoxy) is 4. The molecular formula is C31H50O9. The van der Waals surface area contributed by atoms with Crippen LogP contribution in [0.5, 0.6) is 0 Å². The molecule has 0 spiro atoms. The van der Waals surface area contributed by atoms with Crippen LogP contribution in [-0.2, 0) is 28.5 Å². The number of aliphatic hydroxyl groups excluding tert-OH is 2. The van der Waals surface area contributed by atoms with Crippen LogP contribution in [0.1, 0.15) is 74.1 Å². The molecule has 228 valence electrons. The predicted molar refractivity (Wildman–Crippen MR) is 151 cm³/mol. The van der Waals surface area contributed by atoms with Gasteiger partial charge in [-0.2, -0.15) is 0 Å². The van der Waals surface area contributed by atoms with Crippen LogP contribution in [0.25, 0.3) is 0 Å². The van der Waals surface area contributed by atoms with E-state index in [0.29, 0.717) is 0 Å². The molecule has 2 aliphatic rings. The molecule has 1 saturated heterocycles. The third kappa shape index (κ3) is 9.80. The molecule has 11 unspecified atom stereocenters. The highest BCUT2D eigenvalue weighted by Crippen LogP contribution is 2.36. The van der Waals surface area contributed by atoms with Crippen molar-refractivity contribution in [1.29, 1.82) is 0 Å². The van der Waals surface area contributed by atoms with Crippen LogP contribution in [0.4, 0.5) is 0 Å². The van der Waals surface area contributed by atoms with E-state index in [4.69, 9.17) is 18.9 Å². The van der Waals surface area contributed by atoms with Gasteiger partial charge in [-0.1, -0.05) is 52.0 Å². The molecule has 0 amide bonds. The largest absolute Gasteiger partial charge is 0.457 e. The quantitative estimate of drug-likeness (QED) is 0.157. The summed E-state index contributed by atoms with van der Waals surface area (Å²) in [6.07, 6.45) is 6.52. The molecule has 2 rings (SSSR count). The Morgan fingerprint density at radius 3 is 2.52 bits per heavy atom. The van der Waals surface area contributed by atoms with Crippen molar-refractivity contribution in [3.8, 4) is 0 Å². The molecule has 0 aromatic heterocycles. The molecule has 2 aliphatic heterocycles. The SMILES string of the molecule is CCC(OC)C(C)C(O)C1OC1C(C)/C=C/C=C(\C)C1OC(=O)CC(O)CCC(C)(O)C(OC(C)=O)/C=C/C1C. The van der Waals surface area contributed by atoms with Gasteiger partial charge in [-0.05, 0) is 44.8 Å². The third-order valence-electron chi connectivity index (χ3n) is 8.09. The zero-order chi connectivity index (χ0) is 30.2. The zero-order valence-corrected chi connectivity index (χ0v) is 25.3. The van der Waals surface area contributed by atoms with Crippen LogP contribution >= 0.6 is 0 Å². The normalized spacial score (nSPS) is 36.0. The highest BCUT2D eigenvalue weighted by Gasteiger charge is 2.49. The van der Waals surface area contributed by atoms with Gasteiger partial charge in [0, 0.05) is 31.8 Å². The van der Waals surface area contributed by atoms with E-state index in [1.54, 1.807) is 26.2 Å². The summed E-state index contributed by atoms with van der Waals surface area (Å²) >= 11 is 0. The summed E-state index contributed by atoms with van der Waals surface area (Å²) in [6.45, 7) is 12.6. The summed E-state index contributed by atoms with van der Waals surface area (Å²) in [7, 11) is 1.66. The van der Waals surface area contributed by atoms with E-state index >= 15 is 0 Å². The smallest absolute Gasteiger partial charge is 0.309 e. The van der Waals surface area contributed by atoms with E-state index < -0.39 is 42.0 Å². The number of carbonyl (C=O) groups is 2. The number of hydrogen-bond acceptors (Lipinski definition) is 9. The molecule has 0 radical (unpaired) electrons. The Hall–Kier alpha value is -2.04. The second kappa shape index (κ2) is 15.3. The van der Waals surface area contributed by atoms with Crippen LogP contribution < -0.4 is 0 Å². The van der Waals surface area contributed by atoms with Crippen molar-refractivity contribution in [2.75, 3.05) is 7.11 Å². The van der Waals surface area contributed by atoms with E-state index in [0.717, 1.165) is 12.0 Å². The van der Waals surface area contributed by atoms with Gasteiger partial charge in [-0.15, -0.1) is 0 Å². The Morgan fingerprint density at radius 2 is 1.93 bits per heavy atom. The van der Waals surface area contributed by atoms with Gasteiger partial charge in [0.15, 0.2) is 0 Å². The molecule has 9 nitrogen and oxygen atoms in total. The number of carbonyl (C=O) groups excluding carboxylic acids is 2. The molecule has 11 atom stereocenters. The minimum atomic E-state index is -1.42. The number of rotatable bonds is 10. The fourth-order valence-electron chi connectivity index (χ4n) is 5.32. The Bertz CT molecular complexity index is 920. The van der Waals surface area contributed by atoms with Crippen LogP contribution in [0.2, 0.25) is 0 Å². The van der Waals surface area contributed by atoms with Gasteiger partial charge in [0.1, 0.15) is 23.9 Å². The summed E-state index contributed by atoms with van der Waals surface area (Å²) in [5, 5.41) is 32.1.